The summed E-state index contributed by atoms with van der Waals surface area (Å²) in [6.07, 6.45) is 5.79. The smallest absolute Gasteiger partial charge is 0.193 e. The van der Waals surface area contributed by atoms with Gasteiger partial charge in [0.05, 0.1) is 13.1 Å². The van der Waals surface area contributed by atoms with E-state index in [1.54, 1.807) is 13.2 Å². The number of guanidine groups is 1. The molecule has 122 valence electrons. The van der Waals surface area contributed by atoms with E-state index in [0.29, 0.717) is 0 Å². The molecule has 0 saturated carbocycles. The molecule has 8 heteroatoms. The van der Waals surface area contributed by atoms with Crippen LogP contribution in [0.2, 0.25) is 0 Å². The molecule has 0 fully saturated rings. The summed E-state index contributed by atoms with van der Waals surface area (Å²) in [6, 6.07) is 4.04. The van der Waals surface area contributed by atoms with Gasteiger partial charge in [-0.1, -0.05) is 0 Å². The van der Waals surface area contributed by atoms with Crippen LogP contribution in [0.4, 0.5) is 0 Å². The molecular weight excluding hydrogens is 459 g/mol. The Hall–Kier alpha value is -1.03. The minimum absolute atomic E-state index is 0. The van der Waals surface area contributed by atoms with Gasteiger partial charge in [-0.25, -0.2) is 0 Å². The van der Waals surface area contributed by atoms with E-state index in [1.165, 1.54) is 5.69 Å². The second kappa shape index (κ2) is 9.19. The molecule has 0 aliphatic rings. The van der Waals surface area contributed by atoms with E-state index in [1.807, 2.05) is 31.0 Å². The molecular formula is C14H22BrIN6. The molecule has 0 aromatic carbocycles. The van der Waals surface area contributed by atoms with Crippen LogP contribution in [-0.2, 0) is 20.1 Å². The zero-order valence-corrected chi connectivity index (χ0v) is 16.9. The Kier molecular flexibility index (Phi) is 7.94. The van der Waals surface area contributed by atoms with Gasteiger partial charge in [-0.2, -0.15) is 5.10 Å². The fraction of sp³-hybridized carbons (Fsp3) is 0.429. The van der Waals surface area contributed by atoms with E-state index in [-0.39, 0.29) is 24.0 Å². The summed E-state index contributed by atoms with van der Waals surface area (Å²) in [4.78, 5) is 6.42. The van der Waals surface area contributed by atoms with Crippen molar-refractivity contribution in [2.75, 3.05) is 20.6 Å². The maximum Gasteiger partial charge on any atom is 0.193 e. The molecule has 2 aromatic heterocycles. The number of hydrogen-bond donors (Lipinski definition) is 1. The molecule has 0 bridgehead atoms. The van der Waals surface area contributed by atoms with Gasteiger partial charge >= 0.3 is 0 Å². The predicted molar refractivity (Wildman–Crippen MR) is 104 cm³/mol. The minimum atomic E-state index is 0. The van der Waals surface area contributed by atoms with Crippen molar-refractivity contribution in [3.63, 3.8) is 0 Å². The Balaban J connectivity index is 0.00000242. The van der Waals surface area contributed by atoms with Crippen molar-refractivity contribution in [1.82, 2.24) is 24.6 Å². The van der Waals surface area contributed by atoms with Gasteiger partial charge in [0, 0.05) is 56.4 Å². The summed E-state index contributed by atoms with van der Waals surface area (Å²) in [6.45, 7) is 2.40. The zero-order chi connectivity index (χ0) is 15.2. The summed E-state index contributed by atoms with van der Waals surface area (Å²) < 4.78 is 5.10. The van der Waals surface area contributed by atoms with Crippen LogP contribution in [0.1, 0.15) is 5.69 Å². The molecule has 1 N–H and O–H groups in total. The van der Waals surface area contributed by atoms with Crippen molar-refractivity contribution in [2.24, 2.45) is 12.0 Å². The Bertz CT molecular complexity index is 593. The SMILES string of the molecule is CN=C(NCCn1cccn1)N(C)Cc1cc(Br)cn1C.I. The molecule has 0 spiro atoms. The number of aliphatic imine (C=N–C) groups is 1. The number of hydrogen-bond acceptors (Lipinski definition) is 2. The maximum atomic E-state index is 4.32. The maximum absolute atomic E-state index is 4.32. The minimum Gasteiger partial charge on any atom is -0.354 e. The van der Waals surface area contributed by atoms with E-state index in [0.717, 1.165) is 30.1 Å². The first-order valence-electron chi connectivity index (χ1n) is 6.80. The lowest BCUT2D eigenvalue weighted by molar-refractivity contribution is 0.457. The highest BCUT2D eigenvalue weighted by Gasteiger charge is 2.09. The molecule has 6 nitrogen and oxygen atoms in total. The highest BCUT2D eigenvalue weighted by molar-refractivity contribution is 14.0. The molecule has 22 heavy (non-hydrogen) atoms. The van der Waals surface area contributed by atoms with Crippen LogP contribution in [0.3, 0.4) is 0 Å². The highest BCUT2D eigenvalue weighted by atomic mass is 127. The number of aromatic nitrogens is 3. The van der Waals surface area contributed by atoms with Gasteiger partial charge in [-0.15, -0.1) is 24.0 Å². The fourth-order valence-electron chi connectivity index (χ4n) is 2.14. The molecule has 0 aliphatic heterocycles. The molecule has 2 aromatic rings. The van der Waals surface area contributed by atoms with Crippen molar-refractivity contribution < 1.29 is 0 Å². The number of nitrogens with zero attached hydrogens (tertiary/aromatic N) is 5. The lowest BCUT2D eigenvalue weighted by Gasteiger charge is -2.22. The molecule has 0 atom stereocenters. The second-order valence-electron chi connectivity index (χ2n) is 4.86. The number of rotatable bonds is 5. The molecule has 2 rings (SSSR count). The molecule has 0 unspecified atom stereocenters. The van der Waals surface area contributed by atoms with Gasteiger partial charge in [0.2, 0.25) is 0 Å². The van der Waals surface area contributed by atoms with Crippen LogP contribution in [0, 0.1) is 0 Å². The molecule has 0 aliphatic carbocycles. The first-order chi connectivity index (χ1) is 10.1. The van der Waals surface area contributed by atoms with E-state index in [9.17, 15) is 0 Å². The summed E-state index contributed by atoms with van der Waals surface area (Å²) in [5.41, 5.74) is 1.22. The number of nitrogens with one attached hydrogen (secondary N) is 1. The highest BCUT2D eigenvalue weighted by Crippen LogP contribution is 2.14. The van der Waals surface area contributed by atoms with Gasteiger partial charge in [0.15, 0.2) is 5.96 Å². The van der Waals surface area contributed by atoms with E-state index < -0.39 is 0 Å². The molecule has 0 saturated heterocycles. The average Bonchev–Trinajstić information content (AvgIpc) is 3.05. The van der Waals surface area contributed by atoms with Crippen LogP contribution in [0.15, 0.2) is 40.2 Å². The number of halogens is 2. The first-order valence-corrected chi connectivity index (χ1v) is 7.59. The fourth-order valence-corrected chi connectivity index (χ4v) is 2.71. The quantitative estimate of drug-likeness (QED) is 0.406. The molecule has 0 amide bonds. The normalized spacial score (nSPS) is 11.2. The van der Waals surface area contributed by atoms with Crippen LogP contribution in [-0.4, -0.2) is 45.8 Å². The monoisotopic (exact) mass is 480 g/mol. The Morgan fingerprint density at radius 1 is 1.50 bits per heavy atom. The van der Waals surface area contributed by atoms with Crippen molar-refractivity contribution in [2.45, 2.75) is 13.1 Å². The standard InChI is InChI=1S/C14H21BrN6.HI/c1-16-14(17-6-8-21-7-4-5-18-21)20(3)11-13-9-12(15)10-19(13)2;/h4-5,7,9-10H,6,8,11H2,1-3H3,(H,16,17);1H. The van der Waals surface area contributed by atoms with Gasteiger partial charge in [-0.05, 0) is 28.1 Å². The zero-order valence-electron chi connectivity index (χ0n) is 13.0. The van der Waals surface area contributed by atoms with E-state index >= 15 is 0 Å². The van der Waals surface area contributed by atoms with E-state index in [4.69, 9.17) is 0 Å². The van der Waals surface area contributed by atoms with Crippen LogP contribution >= 0.6 is 39.9 Å². The summed E-state index contributed by atoms with van der Waals surface area (Å²) >= 11 is 3.50. The van der Waals surface area contributed by atoms with Crippen molar-refractivity contribution in [3.05, 3.63) is 40.9 Å². The Morgan fingerprint density at radius 2 is 2.27 bits per heavy atom. The van der Waals surface area contributed by atoms with Crippen LogP contribution in [0.5, 0.6) is 0 Å². The molecule has 0 radical (unpaired) electrons. The van der Waals surface area contributed by atoms with Gasteiger partial charge < -0.3 is 14.8 Å². The van der Waals surface area contributed by atoms with E-state index in [2.05, 4.69) is 53.1 Å². The summed E-state index contributed by atoms with van der Waals surface area (Å²) in [5, 5.41) is 7.53. The average molecular weight is 481 g/mol. The predicted octanol–water partition coefficient (Wildman–Crippen LogP) is 2.31. The lowest BCUT2D eigenvalue weighted by Crippen LogP contribution is -2.40. The topological polar surface area (TPSA) is 50.4 Å². The van der Waals surface area contributed by atoms with Crippen molar-refractivity contribution in [3.8, 4) is 0 Å². The third-order valence-corrected chi connectivity index (χ3v) is 3.66. The third-order valence-electron chi connectivity index (χ3n) is 3.23. The van der Waals surface area contributed by atoms with Crippen LogP contribution < -0.4 is 5.32 Å². The van der Waals surface area contributed by atoms with Gasteiger partial charge in [0.1, 0.15) is 0 Å². The first kappa shape index (κ1) is 19.0. The third kappa shape index (κ3) is 5.31. The lowest BCUT2D eigenvalue weighted by atomic mass is 10.4. The van der Waals surface area contributed by atoms with Crippen molar-refractivity contribution >= 4 is 45.9 Å². The number of aryl methyl sites for hydroxylation is 1. The molecule has 2 heterocycles. The summed E-state index contributed by atoms with van der Waals surface area (Å²) in [7, 11) is 5.87. The largest absolute Gasteiger partial charge is 0.354 e. The van der Waals surface area contributed by atoms with Gasteiger partial charge in [0.25, 0.3) is 0 Å². The van der Waals surface area contributed by atoms with Crippen molar-refractivity contribution in [1.29, 1.82) is 0 Å². The second-order valence-corrected chi connectivity index (χ2v) is 5.78. The van der Waals surface area contributed by atoms with Gasteiger partial charge in [-0.3, -0.25) is 9.67 Å². The Morgan fingerprint density at radius 3 is 2.82 bits per heavy atom. The van der Waals surface area contributed by atoms with Crippen LogP contribution in [0.25, 0.3) is 0 Å². The Labute approximate surface area is 156 Å². The summed E-state index contributed by atoms with van der Waals surface area (Å²) in [5.74, 6) is 0.875.